The van der Waals surface area contributed by atoms with Crippen molar-refractivity contribution in [3.05, 3.63) is 11.8 Å². The summed E-state index contributed by atoms with van der Waals surface area (Å²) < 4.78 is 5.57. The lowest BCUT2D eigenvalue weighted by molar-refractivity contribution is 0.171. The third-order valence-corrected chi connectivity index (χ3v) is 3.74. The Morgan fingerprint density at radius 3 is 3.25 bits per heavy atom. The second-order valence-corrected chi connectivity index (χ2v) is 4.88. The second kappa shape index (κ2) is 4.18. The van der Waals surface area contributed by atoms with Crippen molar-refractivity contribution in [1.29, 1.82) is 0 Å². The van der Waals surface area contributed by atoms with Gasteiger partial charge in [-0.05, 0) is 18.9 Å². The van der Waals surface area contributed by atoms with Gasteiger partial charge in [0.15, 0.2) is 0 Å². The van der Waals surface area contributed by atoms with Crippen LogP contribution in [0.2, 0.25) is 0 Å². The molecule has 4 nitrogen and oxygen atoms in total. The molecule has 0 aromatic rings. The summed E-state index contributed by atoms with van der Waals surface area (Å²) in [6.45, 7) is 3.59. The molecule has 2 saturated heterocycles. The summed E-state index contributed by atoms with van der Waals surface area (Å²) in [5.74, 6) is 1.59. The van der Waals surface area contributed by atoms with Crippen LogP contribution in [0.5, 0.6) is 0 Å². The van der Waals surface area contributed by atoms with Crippen molar-refractivity contribution < 1.29 is 9.84 Å². The number of likely N-dealkylation sites (tertiary alicyclic amines) is 1. The highest BCUT2D eigenvalue weighted by atomic mass is 16.5. The average molecular weight is 222 g/mol. The van der Waals surface area contributed by atoms with Gasteiger partial charge in [-0.2, -0.15) is 0 Å². The first-order chi connectivity index (χ1) is 7.83. The van der Waals surface area contributed by atoms with E-state index >= 15 is 0 Å². The highest BCUT2D eigenvalue weighted by Crippen LogP contribution is 2.32. The van der Waals surface area contributed by atoms with Gasteiger partial charge in [0.1, 0.15) is 5.76 Å². The lowest BCUT2D eigenvalue weighted by Gasteiger charge is -2.26. The van der Waals surface area contributed by atoms with Crippen LogP contribution in [0.1, 0.15) is 12.8 Å². The van der Waals surface area contributed by atoms with Gasteiger partial charge >= 0.3 is 0 Å². The van der Waals surface area contributed by atoms with Crippen LogP contribution in [0, 0.1) is 5.92 Å². The standard InChI is InChI=1S/C12H18N2O2/c15-9-2-5-14(7-9)8-11-10-3-6-16-12(10)1-4-13-11/h1,4,9-11,15H,2-3,5-8H2. The molecule has 0 aliphatic carbocycles. The molecule has 88 valence electrons. The molecule has 16 heavy (non-hydrogen) atoms. The number of aliphatic imine (C=N–C) groups is 1. The summed E-state index contributed by atoms with van der Waals surface area (Å²) in [5, 5.41) is 9.50. The fourth-order valence-corrected chi connectivity index (χ4v) is 2.85. The molecule has 0 aromatic heterocycles. The number of allylic oxidation sites excluding steroid dienone is 1. The first-order valence-corrected chi connectivity index (χ1v) is 6.09. The van der Waals surface area contributed by atoms with E-state index in [-0.39, 0.29) is 6.10 Å². The molecule has 3 aliphatic heterocycles. The van der Waals surface area contributed by atoms with Crippen LogP contribution in [0.25, 0.3) is 0 Å². The Labute approximate surface area is 95.6 Å². The van der Waals surface area contributed by atoms with E-state index in [1.807, 2.05) is 12.3 Å². The first-order valence-electron chi connectivity index (χ1n) is 6.09. The molecule has 4 heteroatoms. The monoisotopic (exact) mass is 222 g/mol. The first kappa shape index (κ1) is 10.3. The van der Waals surface area contributed by atoms with E-state index in [2.05, 4.69) is 9.89 Å². The number of dihydropyridines is 1. The molecule has 3 heterocycles. The van der Waals surface area contributed by atoms with E-state index < -0.39 is 0 Å². The predicted molar refractivity (Wildman–Crippen MR) is 61.5 cm³/mol. The molecule has 0 amide bonds. The van der Waals surface area contributed by atoms with Gasteiger partial charge in [-0.15, -0.1) is 0 Å². The normalized spacial score (nSPS) is 38.3. The van der Waals surface area contributed by atoms with E-state index in [1.165, 1.54) is 0 Å². The van der Waals surface area contributed by atoms with Gasteiger partial charge in [-0.25, -0.2) is 0 Å². The summed E-state index contributed by atoms with van der Waals surface area (Å²) >= 11 is 0. The molecule has 3 atom stereocenters. The van der Waals surface area contributed by atoms with Crippen molar-refractivity contribution in [2.24, 2.45) is 10.9 Å². The molecule has 0 spiro atoms. The van der Waals surface area contributed by atoms with Crippen molar-refractivity contribution in [1.82, 2.24) is 4.90 Å². The van der Waals surface area contributed by atoms with E-state index in [0.717, 1.165) is 44.8 Å². The lowest BCUT2D eigenvalue weighted by Crippen LogP contribution is -2.35. The summed E-state index contributed by atoms with van der Waals surface area (Å²) in [6, 6.07) is 0.327. The zero-order chi connectivity index (χ0) is 11.0. The van der Waals surface area contributed by atoms with Crippen molar-refractivity contribution in [2.45, 2.75) is 25.0 Å². The van der Waals surface area contributed by atoms with Gasteiger partial charge in [-0.3, -0.25) is 9.89 Å². The van der Waals surface area contributed by atoms with E-state index in [4.69, 9.17) is 4.74 Å². The van der Waals surface area contributed by atoms with Crippen molar-refractivity contribution in [3.63, 3.8) is 0 Å². The lowest BCUT2D eigenvalue weighted by atomic mass is 9.94. The summed E-state index contributed by atoms with van der Waals surface area (Å²) in [6.07, 6.45) is 5.72. The molecule has 0 aromatic carbocycles. The van der Waals surface area contributed by atoms with Gasteiger partial charge in [0.25, 0.3) is 0 Å². The molecule has 0 radical (unpaired) electrons. The van der Waals surface area contributed by atoms with Gasteiger partial charge < -0.3 is 9.84 Å². The minimum absolute atomic E-state index is 0.137. The van der Waals surface area contributed by atoms with Gasteiger partial charge in [0, 0.05) is 31.8 Å². The number of rotatable bonds is 2. The number of aliphatic hydroxyl groups excluding tert-OH is 1. The minimum atomic E-state index is -0.137. The number of hydrogen-bond acceptors (Lipinski definition) is 4. The van der Waals surface area contributed by atoms with Crippen LogP contribution in [-0.2, 0) is 4.74 Å². The van der Waals surface area contributed by atoms with Crippen LogP contribution in [0.15, 0.2) is 16.8 Å². The molecule has 0 bridgehead atoms. The zero-order valence-corrected chi connectivity index (χ0v) is 9.38. The molecule has 3 rings (SSSR count). The highest BCUT2D eigenvalue weighted by Gasteiger charge is 2.34. The average Bonchev–Trinajstić information content (AvgIpc) is 2.87. The van der Waals surface area contributed by atoms with Gasteiger partial charge in [-0.1, -0.05) is 0 Å². The Balaban J connectivity index is 1.63. The molecule has 2 fully saturated rings. The van der Waals surface area contributed by atoms with E-state index in [9.17, 15) is 5.11 Å². The van der Waals surface area contributed by atoms with E-state index in [1.54, 1.807) is 0 Å². The highest BCUT2D eigenvalue weighted by molar-refractivity contribution is 5.73. The maximum absolute atomic E-state index is 9.50. The van der Waals surface area contributed by atoms with Crippen molar-refractivity contribution >= 4 is 6.21 Å². The smallest absolute Gasteiger partial charge is 0.103 e. The molecule has 3 aliphatic rings. The molecule has 0 saturated carbocycles. The molecule has 1 N–H and O–H groups in total. The van der Waals surface area contributed by atoms with Crippen molar-refractivity contribution in [2.75, 3.05) is 26.2 Å². The van der Waals surface area contributed by atoms with Crippen LogP contribution in [0.4, 0.5) is 0 Å². The van der Waals surface area contributed by atoms with Crippen LogP contribution >= 0.6 is 0 Å². The molecular weight excluding hydrogens is 204 g/mol. The summed E-state index contributed by atoms with van der Waals surface area (Å²) in [4.78, 5) is 6.87. The van der Waals surface area contributed by atoms with Crippen molar-refractivity contribution in [3.8, 4) is 0 Å². The number of ether oxygens (including phenoxy) is 1. The summed E-state index contributed by atoms with van der Waals surface area (Å²) in [7, 11) is 0. The Hall–Kier alpha value is -0.870. The van der Waals surface area contributed by atoms with Gasteiger partial charge in [0.05, 0.1) is 18.8 Å². The maximum atomic E-state index is 9.50. The molecular formula is C12H18N2O2. The summed E-state index contributed by atoms with van der Waals surface area (Å²) in [5.41, 5.74) is 0. The number of β-amino-alcohol motifs (C(OH)–C–C–N with tert-alkyl or cyclic N) is 1. The quantitative estimate of drug-likeness (QED) is 0.737. The number of aliphatic hydroxyl groups is 1. The van der Waals surface area contributed by atoms with Crippen LogP contribution in [0.3, 0.4) is 0 Å². The maximum Gasteiger partial charge on any atom is 0.103 e. The SMILES string of the molecule is OC1CCN(CC2N=CC=C3OCCC32)C1. The third-order valence-electron chi connectivity index (χ3n) is 3.74. The zero-order valence-electron chi connectivity index (χ0n) is 9.38. The fraction of sp³-hybridized carbons (Fsp3) is 0.750. The number of fused-ring (bicyclic) bond motifs is 1. The number of nitrogens with zero attached hydrogens (tertiary/aromatic N) is 2. The topological polar surface area (TPSA) is 45.1 Å². The Morgan fingerprint density at radius 2 is 2.44 bits per heavy atom. The van der Waals surface area contributed by atoms with Crippen LogP contribution < -0.4 is 0 Å². The van der Waals surface area contributed by atoms with Crippen LogP contribution in [-0.4, -0.2) is 54.6 Å². The van der Waals surface area contributed by atoms with Gasteiger partial charge in [0.2, 0.25) is 0 Å². The predicted octanol–water partition coefficient (Wildman–Crippen LogP) is 0.426. The fourth-order valence-electron chi connectivity index (χ4n) is 2.85. The molecule has 3 unspecified atom stereocenters. The number of hydrogen-bond donors (Lipinski definition) is 1. The Morgan fingerprint density at radius 1 is 1.50 bits per heavy atom. The Kier molecular flexibility index (Phi) is 2.69. The second-order valence-electron chi connectivity index (χ2n) is 4.88. The largest absolute Gasteiger partial charge is 0.497 e. The van der Waals surface area contributed by atoms with E-state index in [0.29, 0.717) is 12.0 Å². The third kappa shape index (κ3) is 1.87. The minimum Gasteiger partial charge on any atom is -0.497 e. The Bertz CT molecular complexity index is 327.